The van der Waals surface area contributed by atoms with Crippen molar-refractivity contribution in [3.05, 3.63) is 89.5 Å². The smallest absolute Gasteiger partial charge is 0.265 e. The molecule has 0 radical (unpaired) electrons. The summed E-state index contributed by atoms with van der Waals surface area (Å²) in [6, 6.07) is 17.1. The summed E-state index contributed by atoms with van der Waals surface area (Å²) in [4.78, 5) is -0.244. The number of aryl methyl sites for hydroxylation is 3. The van der Waals surface area contributed by atoms with Crippen LogP contribution in [0.5, 0.6) is 0 Å². The second kappa shape index (κ2) is 11.5. The van der Waals surface area contributed by atoms with Crippen molar-refractivity contribution in [3.63, 3.8) is 0 Å². The van der Waals surface area contributed by atoms with E-state index in [9.17, 15) is 25.3 Å². The number of hydrogen-bond acceptors (Lipinski definition) is 10. The van der Waals surface area contributed by atoms with Crippen molar-refractivity contribution in [1.29, 1.82) is 0 Å². The molecular weight excluding hydrogens is 566 g/mol. The molecule has 1 aliphatic heterocycles. The molecule has 1 aliphatic rings. The molecule has 0 aromatic heterocycles. The first kappa shape index (κ1) is 29.3. The van der Waals surface area contributed by atoms with Crippen molar-refractivity contribution < 1.29 is 37.9 Å². The van der Waals surface area contributed by atoms with Crippen LogP contribution >= 0.6 is 0 Å². The minimum atomic E-state index is -4.31. The molecular formula is C26H29NO9S3. The third-order valence-corrected chi connectivity index (χ3v) is 10.0. The van der Waals surface area contributed by atoms with Crippen LogP contribution in [0.4, 0.5) is 0 Å². The number of benzene rings is 3. The Morgan fingerprint density at radius 3 is 1.51 bits per heavy atom. The van der Waals surface area contributed by atoms with E-state index in [0.717, 1.165) is 21.8 Å². The van der Waals surface area contributed by atoms with Gasteiger partial charge >= 0.3 is 10.1 Å². The summed E-state index contributed by atoms with van der Waals surface area (Å²) in [7, 11) is -12.7. The first-order valence-electron chi connectivity index (χ1n) is 12.0. The normalized spacial score (nSPS) is 18.8. The Hall–Kier alpha value is -2.65. The van der Waals surface area contributed by atoms with Gasteiger partial charge in [-0.05, 0) is 63.6 Å². The van der Waals surface area contributed by atoms with Crippen LogP contribution < -0.4 is 0 Å². The molecule has 0 N–H and O–H groups in total. The van der Waals surface area contributed by atoms with Crippen LogP contribution in [0.2, 0.25) is 0 Å². The number of hydroxylamine groups is 2. The van der Waals surface area contributed by atoms with Crippen LogP contribution in [-0.4, -0.2) is 55.6 Å². The number of rotatable bonds is 10. The third-order valence-electron chi connectivity index (χ3n) is 6.13. The van der Waals surface area contributed by atoms with E-state index >= 15 is 0 Å². The zero-order chi connectivity index (χ0) is 28.4. The van der Waals surface area contributed by atoms with Crippen LogP contribution in [0.1, 0.15) is 23.1 Å². The second-order valence-electron chi connectivity index (χ2n) is 9.37. The lowest BCUT2D eigenvalue weighted by atomic mass is 10.2. The first-order valence-corrected chi connectivity index (χ1v) is 16.2. The van der Waals surface area contributed by atoms with Crippen molar-refractivity contribution in [1.82, 2.24) is 5.06 Å². The first-order chi connectivity index (χ1) is 18.2. The fourth-order valence-electron chi connectivity index (χ4n) is 3.91. The SMILES string of the molecule is Cc1ccc(S(=O)(=O)OC[C@H]2C[C@H](OS(=O)(=O)c3ccc(C)cc3)CN2OS(=O)(=O)c2ccc(C)cc2)cc1. The summed E-state index contributed by atoms with van der Waals surface area (Å²) in [5.41, 5.74) is 2.57. The van der Waals surface area contributed by atoms with Crippen molar-refractivity contribution in [3.8, 4) is 0 Å². The largest absolute Gasteiger partial charge is 0.313 e. The topological polar surface area (TPSA) is 133 Å². The average Bonchev–Trinajstić information content (AvgIpc) is 3.23. The molecule has 2 atom stereocenters. The van der Waals surface area contributed by atoms with Gasteiger partial charge in [-0.1, -0.05) is 53.1 Å². The Balaban J connectivity index is 1.55. The lowest BCUT2D eigenvalue weighted by Crippen LogP contribution is -2.36. The molecule has 39 heavy (non-hydrogen) atoms. The lowest BCUT2D eigenvalue weighted by molar-refractivity contribution is -0.0768. The molecule has 0 spiro atoms. The van der Waals surface area contributed by atoms with Crippen LogP contribution in [0, 0.1) is 20.8 Å². The van der Waals surface area contributed by atoms with Crippen molar-refractivity contribution in [2.24, 2.45) is 0 Å². The van der Waals surface area contributed by atoms with Gasteiger partial charge in [-0.15, -0.1) is 0 Å². The molecule has 0 amide bonds. The Morgan fingerprint density at radius 1 is 0.641 bits per heavy atom. The third kappa shape index (κ3) is 7.31. The fourth-order valence-corrected chi connectivity index (χ4v) is 6.92. The maximum atomic E-state index is 13.0. The summed E-state index contributed by atoms with van der Waals surface area (Å²) < 4.78 is 93.1. The van der Waals surface area contributed by atoms with Crippen molar-refractivity contribution in [2.45, 2.75) is 54.0 Å². The van der Waals surface area contributed by atoms with Crippen molar-refractivity contribution in [2.75, 3.05) is 13.2 Å². The zero-order valence-electron chi connectivity index (χ0n) is 21.6. The molecule has 1 fully saturated rings. The van der Waals surface area contributed by atoms with Crippen LogP contribution in [0.3, 0.4) is 0 Å². The predicted molar refractivity (Wildman–Crippen MR) is 142 cm³/mol. The second-order valence-corrected chi connectivity index (χ2v) is 14.1. The monoisotopic (exact) mass is 595 g/mol. The van der Waals surface area contributed by atoms with Gasteiger partial charge < -0.3 is 0 Å². The van der Waals surface area contributed by atoms with Gasteiger partial charge in [0.05, 0.1) is 40.0 Å². The van der Waals surface area contributed by atoms with E-state index in [1.165, 1.54) is 36.4 Å². The Kier molecular flexibility index (Phi) is 8.61. The van der Waals surface area contributed by atoms with E-state index in [1.807, 2.05) is 13.8 Å². The van der Waals surface area contributed by atoms with Crippen LogP contribution in [-0.2, 0) is 43.0 Å². The standard InChI is InChI=1S/C26H29NO9S3/c1-19-4-10-24(11-5-19)37(28,29)34-18-22-16-23(35-38(30,31)25-12-6-20(2)7-13-25)17-27(22)36-39(32,33)26-14-8-21(3)9-15-26/h4-15,22-23H,16-18H2,1-3H3/t22-,23+/m1/s1. The highest BCUT2D eigenvalue weighted by atomic mass is 32.2. The number of nitrogens with zero attached hydrogens (tertiary/aromatic N) is 1. The summed E-state index contributed by atoms with van der Waals surface area (Å²) in [5, 5.41) is 0.995. The molecule has 210 valence electrons. The molecule has 0 unspecified atom stereocenters. The quantitative estimate of drug-likeness (QED) is 0.321. The highest BCUT2D eigenvalue weighted by Gasteiger charge is 2.40. The van der Waals surface area contributed by atoms with Crippen LogP contribution in [0.15, 0.2) is 87.5 Å². The van der Waals surface area contributed by atoms with E-state index in [2.05, 4.69) is 0 Å². The van der Waals surface area contributed by atoms with Gasteiger partial charge in [-0.2, -0.15) is 34.6 Å². The van der Waals surface area contributed by atoms with E-state index < -0.39 is 49.1 Å². The van der Waals surface area contributed by atoms with Gasteiger partial charge in [-0.25, -0.2) is 0 Å². The molecule has 0 saturated carbocycles. The van der Waals surface area contributed by atoms with Gasteiger partial charge in [0.2, 0.25) is 0 Å². The highest BCUT2D eigenvalue weighted by molar-refractivity contribution is 7.87. The molecule has 0 bridgehead atoms. The van der Waals surface area contributed by atoms with Gasteiger partial charge in [0, 0.05) is 0 Å². The van der Waals surface area contributed by atoms with Gasteiger partial charge in [0.1, 0.15) is 0 Å². The van der Waals surface area contributed by atoms with Gasteiger partial charge in [0.25, 0.3) is 20.2 Å². The maximum absolute atomic E-state index is 13.0. The summed E-state index contributed by atoms with van der Waals surface area (Å²) in [6.45, 7) is 4.66. The molecule has 3 aromatic carbocycles. The van der Waals surface area contributed by atoms with E-state index in [1.54, 1.807) is 43.3 Å². The Labute approximate surface area is 229 Å². The van der Waals surface area contributed by atoms with E-state index in [4.69, 9.17) is 12.6 Å². The van der Waals surface area contributed by atoms with Crippen LogP contribution in [0.25, 0.3) is 0 Å². The summed E-state index contributed by atoms with van der Waals surface area (Å²) in [5.74, 6) is 0. The van der Waals surface area contributed by atoms with Crippen molar-refractivity contribution >= 4 is 30.4 Å². The number of hydrogen-bond donors (Lipinski definition) is 0. The molecule has 0 aliphatic carbocycles. The Bertz CT molecular complexity index is 1620. The average molecular weight is 596 g/mol. The highest BCUT2D eigenvalue weighted by Crippen LogP contribution is 2.28. The Morgan fingerprint density at radius 2 is 1.05 bits per heavy atom. The van der Waals surface area contributed by atoms with Gasteiger partial charge in [-0.3, -0.25) is 8.37 Å². The van der Waals surface area contributed by atoms with Gasteiger partial charge in [0.15, 0.2) is 0 Å². The molecule has 4 rings (SSSR count). The molecule has 10 nitrogen and oxygen atoms in total. The zero-order valence-corrected chi connectivity index (χ0v) is 24.0. The molecule has 1 heterocycles. The minimum absolute atomic E-state index is 0.0607. The summed E-state index contributed by atoms with van der Waals surface area (Å²) in [6.07, 6.45) is -1.10. The predicted octanol–water partition coefficient (Wildman–Crippen LogP) is 3.49. The minimum Gasteiger partial charge on any atom is -0.265 e. The summed E-state index contributed by atoms with van der Waals surface area (Å²) >= 11 is 0. The molecule has 1 saturated heterocycles. The fraction of sp³-hybridized carbons (Fsp3) is 0.308. The van der Waals surface area contributed by atoms with E-state index in [0.29, 0.717) is 0 Å². The molecule has 3 aromatic rings. The lowest BCUT2D eigenvalue weighted by Gasteiger charge is -2.22. The molecule has 13 heteroatoms. The maximum Gasteiger partial charge on any atom is 0.313 e. The van der Waals surface area contributed by atoms with E-state index in [-0.39, 0.29) is 27.7 Å².